The largest absolute Gasteiger partial charge is 0.378 e. The van der Waals surface area contributed by atoms with Crippen molar-refractivity contribution in [2.45, 2.75) is 18.4 Å². The van der Waals surface area contributed by atoms with Gasteiger partial charge in [0, 0.05) is 17.3 Å². The number of carbonyl (C=O) groups excluding carboxylic acids is 1. The molecule has 0 radical (unpaired) electrons. The Morgan fingerprint density at radius 3 is 2.94 bits per heavy atom. The van der Waals surface area contributed by atoms with Gasteiger partial charge in [-0.25, -0.2) is 0 Å². The summed E-state index contributed by atoms with van der Waals surface area (Å²) in [4.78, 5) is 11.6. The van der Waals surface area contributed by atoms with Crippen LogP contribution in [0, 0.1) is 0 Å². The lowest BCUT2D eigenvalue weighted by Gasteiger charge is -2.35. The molecule has 0 aliphatic carbocycles. The topological polar surface area (TPSA) is 64.4 Å². The summed E-state index contributed by atoms with van der Waals surface area (Å²) in [5.41, 5.74) is 5.44. The molecule has 1 aromatic carbocycles. The smallest absolute Gasteiger partial charge is 0.245 e. The van der Waals surface area contributed by atoms with Gasteiger partial charge >= 0.3 is 0 Å². The number of hydrogen-bond acceptors (Lipinski definition) is 3. The Labute approximate surface area is 105 Å². The normalized spacial score (nSPS) is 24.3. The van der Waals surface area contributed by atoms with Gasteiger partial charge in [0.2, 0.25) is 5.91 Å². The number of anilines is 1. The molecule has 0 saturated carbocycles. The van der Waals surface area contributed by atoms with E-state index in [1.165, 1.54) is 0 Å². The fourth-order valence-electron chi connectivity index (χ4n) is 1.99. The van der Waals surface area contributed by atoms with Crippen LogP contribution < -0.4 is 11.1 Å². The molecule has 1 atom stereocenters. The van der Waals surface area contributed by atoms with E-state index in [1.54, 1.807) is 12.1 Å². The van der Waals surface area contributed by atoms with E-state index in [0.717, 1.165) is 12.1 Å². The van der Waals surface area contributed by atoms with Gasteiger partial charge in [0.25, 0.3) is 0 Å². The van der Waals surface area contributed by atoms with Gasteiger partial charge in [-0.05, 0) is 31.0 Å². The van der Waals surface area contributed by atoms with E-state index in [1.807, 2.05) is 12.1 Å². The summed E-state index contributed by atoms with van der Waals surface area (Å²) in [6.07, 6.45) is 1.49. The molecule has 1 heterocycles. The van der Waals surface area contributed by atoms with Crippen LogP contribution in [0.15, 0.2) is 24.3 Å². The monoisotopic (exact) mass is 254 g/mol. The standard InChI is InChI=1S/C12H15ClN2O2/c13-9-3-1-4-10(7-9)15-12(11(14)16)5-2-6-17-8-12/h1,3-4,7,15H,2,5-6,8H2,(H2,14,16). The molecule has 1 aliphatic heterocycles. The number of carbonyl (C=O) groups is 1. The molecule has 4 nitrogen and oxygen atoms in total. The molecule has 17 heavy (non-hydrogen) atoms. The zero-order valence-electron chi connectivity index (χ0n) is 9.41. The zero-order valence-corrected chi connectivity index (χ0v) is 10.2. The zero-order chi connectivity index (χ0) is 12.3. The number of nitrogens with one attached hydrogen (secondary N) is 1. The Morgan fingerprint density at radius 2 is 2.35 bits per heavy atom. The minimum Gasteiger partial charge on any atom is -0.378 e. The summed E-state index contributed by atoms with van der Waals surface area (Å²) in [6, 6.07) is 7.22. The molecular weight excluding hydrogens is 240 g/mol. The molecule has 0 bridgehead atoms. The van der Waals surface area contributed by atoms with Crippen molar-refractivity contribution in [1.82, 2.24) is 0 Å². The third-order valence-electron chi connectivity index (χ3n) is 2.92. The number of amides is 1. The van der Waals surface area contributed by atoms with E-state index in [9.17, 15) is 4.79 Å². The first kappa shape index (κ1) is 12.2. The average molecular weight is 255 g/mol. The van der Waals surface area contributed by atoms with Crippen molar-refractivity contribution in [2.24, 2.45) is 5.73 Å². The molecule has 1 aromatic rings. The molecule has 1 saturated heterocycles. The van der Waals surface area contributed by atoms with E-state index in [-0.39, 0.29) is 0 Å². The highest BCUT2D eigenvalue weighted by atomic mass is 35.5. The van der Waals surface area contributed by atoms with E-state index >= 15 is 0 Å². The molecule has 1 fully saturated rings. The molecule has 3 N–H and O–H groups in total. The van der Waals surface area contributed by atoms with Crippen LogP contribution in [0.1, 0.15) is 12.8 Å². The third kappa shape index (κ3) is 2.70. The van der Waals surface area contributed by atoms with Gasteiger partial charge in [-0.3, -0.25) is 4.79 Å². The first-order chi connectivity index (χ1) is 8.12. The van der Waals surface area contributed by atoms with E-state index in [0.29, 0.717) is 24.7 Å². The number of halogens is 1. The van der Waals surface area contributed by atoms with Gasteiger partial charge in [-0.1, -0.05) is 17.7 Å². The Kier molecular flexibility index (Phi) is 3.54. The predicted octanol–water partition coefficient (Wildman–Crippen LogP) is 1.79. The van der Waals surface area contributed by atoms with Crippen molar-refractivity contribution in [3.63, 3.8) is 0 Å². The maximum atomic E-state index is 11.6. The summed E-state index contributed by atoms with van der Waals surface area (Å²) in [5, 5.41) is 3.77. The average Bonchev–Trinajstić information content (AvgIpc) is 2.30. The molecule has 1 aliphatic rings. The van der Waals surface area contributed by atoms with Crippen LogP contribution in [0.4, 0.5) is 5.69 Å². The van der Waals surface area contributed by atoms with E-state index < -0.39 is 11.4 Å². The SMILES string of the molecule is NC(=O)C1(Nc2cccc(Cl)c2)CCCOC1. The fourth-order valence-corrected chi connectivity index (χ4v) is 2.18. The third-order valence-corrected chi connectivity index (χ3v) is 3.16. The molecule has 1 unspecified atom stereocenters. The first-order valence-corrected chi connectivity index (χ1v) is 5.92. The Balaban J connectivity index is 2.20. The fraction of sp³-hybridized carbons (Fsp3) is 0.417. The quantitative estimate of drug-likeness (QED) is 0.864. The molecule has 0 aromatic heterocycles. The second-order valence-electron chi connectivity index (χ2n) is 4.24. The summed E-state index contributed by atoms with van der Waals surface area (Å²) < 4.78 is 5.35. The molecule has 5 heteroatoms. The number of primary amides is 1. The van der Waals surface area contributed by atoms with E-state index in [4.69, 9.17) is 22.1 Å². The maximum absolute atomic E-state index is 11.6. The van der Waals surface area contributed by atoms with Crippen molar-refractivity contribution in [2.75, 3.05) is 18.5 Å². The lowest BCUT2D eigenvalue weighted by Crippen LogP contribution is -2.56. The highest BCUT2D eigenvalue weighted by Gasteiger charge is 2.38. The summed E-state index contributed by atoms with van der Waals surface area (Å²) >= 11 is 5.90. The number of rotatable bonds is 3. The Bertz CT molecular complexity index is 417. The van der Waals surface area contributed by atoms with Gasteiger partial charge in [-0.15, -0.1) is 0 Å². The van der Waals surface area contributed by atoms with Crippen LogP contribution in [0.3, 0.4) is 0 Å². The minimum absolute atomic E-state index is 0.300. The van der Waals surface area contributed by atoms with Crippen molar-refractivity contribution in [3.8, 4) is 0 Å². The highest BCUT2D eigenvalue weighted by molar-refractivity contribution is 6.30. The van der Waals surface area contributed by atoms with Gasteiger partial charge in [0.05, 0.1) is 6.61 Å². The van der Waals surface area contributed by atoms with Gasteiger partial charge in [0.1, 0.15) is 5.54 Å². The maximum Gasteiger partial charge on any atom is 0.245 e. The van der Waals surface area contributed by atoms with E-state index in [2.05, 4.69) is 5.32 Å². The molecule has 2 rings (SSSR count). The Hall–Kier alpha value is -1.26. The van der Waals surface area contributed by atoms with Crippen LogP contribution >= 0.6 is 11.6 Å². The van der Waals surface area contributed by atoms with Crippen LogP contribution in [0.5, 0.6) is 0 Å². The van der Waals surface area contributed by atoms with Crippen LogP contribution in [-0.2, 0) is 9.53 Å². The molecule has 0 spiro atoms. The lowest BCUT2D eigenvalue weighted by atomic mass is 9.91. The predicted molar refractivity (Wildman–Crippen MR) is 67.1 cm³/mol. The number of nitrogens with two attached hydrogens (primary N) is 1. The molecule has 92 valence electrons. The van der Waals surface area contributed by atoms with Crippen molar-refractivity contribution in [1.29, 1.82) is 0 Å². The molecule has 1 amide bonds. The minimum atomic E-state index is -0.817. The van der Waals surface area contributed by atoms with Crippen molar-refractivity contribution in [3.05, 3.63) is 29.3 Å². The van der Waals surface area contributed by atoms with Crippen molar-refractivity contribution < 1.29 is 9.53 Å². The second-order valence-corrected chi connectivity index (χ2v) is 4.67. The van der Waals surface area contributed by atoms with Crippen LogP contribution in [0.25, 0.3) is 0 Å². The second kappa shape index (κ2) is 4.94. The summed E-state index contributed by atoms with van der Waals surface area (Å²) in [6.45, 7) is 0.973. The highest BCUT2D eigenvalue weighted by Crippen LogP contribution is 2.25. The van der Waals surface area contributed by atoms with Gasteiger partial charge in [0.15, 0.2) is 0 Å². The number of ether oxygens (including phenoxy) is 1. The van der Waals surface area contributed by atoms with Gasteiger partial charge in [-0.2, -0.15) is 0 Å². The van der Waals surface area contributed by atoms with Crippen molar-refractivity contribution >= 4 is 23.2 Å². The lowest BCUT2D eigenvalue weighted by molar-refractivity contribution is -0.126. The van der Waals surface area contributed by atoms with Crippen LogP contribution in [-0.4, -0.2) is 24.7 Å². The van der Waals surface area contributed by atoms with Gasteiger partial charge < -0.3 is 15.8 Å². The number of hydrogen-bond donors (Lipinski definition) is 2. The summed E-state index contributed by atoms with van der Waals surface area (Å²) in [5.74, 6) is -0.392. The first-order valence-electron chi connectivity index (χ1n) is 5.54. The molecular formula is C12H15ClN2O2. The van der Waals surface area contributed by atoms with Crippen LogP contribution in [0.2, 0.25) is 5.02 Å². The summed E-state index contributed by atoms with van der Waals surface area (Å²) in [7, 11) is 0. The number of benzene rings is 1. The Morgan fingerprint density at radius 1 is 1.53 bits per heavy atom.